The Morgan fingerprint density at radius 3 is 1.81 bits per heavy atom. The SMILES string of the molecule is CC[C@H](C)[C@@H]1NC(=O)[C@H](CC(C)C)N(C)C(=O)C[C@@H](C(=O)N2CCCCC2)N(C)C(=O)[C@H]([C@@H](C)CC)N(C)C(=O)C2(CCCC2)NC(=O)C2CCCN2C(=O)[C@H](CCc2ccc(C(F)(F)F)c(Cl)c2)NC(=O)CN(C)C(=O)[C@H](CC2CCCCC2)N(C)C(=O)CN(C)C(=O)CN(C)C1=O. The summed E-state index contributed by atoms with van der Waals surface area (Å²) in [6, 6.07) is -5.65. The van der Waals surface area contributed by atoms with E-state index in [9.17, 15) is 46.7 Å². The van der Waals surface area contributed by atoms with Crippen molar-refractivity contribution < 1.29 is 70.7 Å². The second-order valence-electron chi connectivity index (χ2n) is 29.2. The molecule has 3 aliphatic heterocycles. The molecular weight excluding hydrogens is 1310 g/mol. The zero-order valence-electron chi connectivity index (χ0n) is 60.6. The lowest BCUT2D eigenvalue weighted by Crippen LogP contribution is -2.65. The third-order valence-electron chi connectivity index (χ3n) is 21.4. The number of hydrogen-bond acceptors (Lipinski definition) is 12. The van der Waals surface area contributed by atoms with Crippen LogP contribution in [0.25, 0.3) is 0 Å². The molecule has 5 fully saturated rings. The number of nitrogens with one attached hydrogen (secondary N) is 3. The summed E-state index contributed by atoms with van der Waals surface area (Å²) in [6.45, 7) is 10.0. The van der Waals surface area contributed by atoms with Crippen LogP contribution in [0.4, 0.5) is 13.2 Å². The summed E-state index contributed by atoms with van der Waals surface area (Å²) in [6.07, 6.45) is 3.86. The summed E-state index contributed by atoms with van der Waals surface area (Å²) in [7, 11) is 9.89. The zero-order chi connectivity index (χ0) is 73.5. The van der Waals surface area contributed by atoms with Crippen molar-refractivity contribution in [1.29, 1.82) is 0 Å². The predicted octanol–water partition coefficient (Wildman–Crippen LogP) is 5.89. The number of hydrogen-bond donors (Lipinski definition) is 3. The van der Waals surface area contributed by atoms with Gasteiger partial charge in [0.15, 0.2) is 0 Å². The molecule has 1 aromatic carbocycles. The van der Waals surface area contributed by atoms with Crippen molar-refractivity contribution in [3.8, 4) is 0 Å². The number of carbonyl (C=O) groups is 12. The van der Waals surface area contributed by atoms with Crippen molar-refractivity contribution in [1.82, 2.24) is 60.0 Å². The van der Waals surface area contributed by atoms with Gasteiger partial charge in [0.1, 0.15) is 47.8 Å². The van der Waals surface area contributed by atoms with Crippen molar-refractivity contribution in [2.75, 3.05) is 88.6 Å². The first kappa shape index (κ1) is 80.9. The normalized spacial score (nSPS) is 26.3. The first-order chi connectivity index (χ1) is 46.6. The largest absolute Gasteiger partial charge is 0.417 e. The molecule has 1 aromatic rings. The minimum Gasteiger partial charge on any atom is -0.343 e. The van der Waals surface area contributed by atoms with Crippen LogP contribution in [0.5, 0.6) is 0 Å². The Kier molecular flexibility index (Phi) is 29.4. The van der Waals surface area contributed by atoms with Crippen molar-refractivity contribution >= 4 is 82.5 Å². The van der Waals surface area contributed by atoms with Crippen molar-refractivity contribution in [2.24, 2.45) is 23.7 Å². The zero-order valence-corrected chi connectivity index (χ0v) is 61.4. The van der Waals surface area contributed by atoms with Gasteiger partial charge >= 0.3 is 6.18 Å². The molecule has 5 aliphatic rings. The van der Waals surface area contributed by atoms with E-state index in [-0.39, 0.29) is 63.3 Å². The molecule has 2 aliphatic carbocycles. The van der Waals surface area contributed by atoms with Crippen LogP contribution in [0.1, 0.15) is 181 Å². The molecule has 9 atom stereocenters. The van der Waals surface area contributed by atoms with Crippen LogP contribution >= 0.6 is 11.6 Å². The maximum atomic E-state index is 15.5. The van der Waals surface area contributed by atoms with Gasteiger partial charge in [0.25, 0.3) is 0 Å². The fourth-order valence-corrected chi connectivity index (χ4v) is 15.0. The van der Waals surface area contributed by atoms with E-state index in [1.165, 1.54) is 79.9 Å². The highest BCUT2D eigenvalue weighted by Gasteiger charge is 2.51. The third-order valence-corrected chi connectivity index (χ3v) is 21.7. The van der Waals surface area contributed by atoms with E-state index in [1.807, 2.05) is 27.7 Å². The van der Waals surface area contributed by atoms with Crippen LogP contribution in [-0.2, 0) is 70.1 Å². The van der Waals surface area contributed by atoms with E-state index >= 15 is 24.0 Å². The van der Waals surface area contributed by atoms with Gasteiger partial charge in [-0.15, -0.1) is 0 Å². The van der Waals surface area contributed by atoms with Gasteiger partial charge in [0.05, 0.1) is 36.6 Å². The highest BCUT2D eigenvalue weighted by Crippen LogP contribution is 2.37. The number of nitrogens with zero attached hydrogens (tertiary/aromatic N) is 9. The maximum absolute atomic E-state index is 15.5. The van der Waals surface area contributed by atoms with Gasteiger partial charge in [0, 0.05) is 69.0 Å². The van der Waals surface area contributed by atoms with Gasteiger partial charge < -0.3 is 60.0 Å². The third kappa shape index (κ3) is 20.6. The molecule has 554 valence electrons. The first-order valence-electron chi connectivity index (χ1n) is 35.7. The second kappa shape index (κ2) is 36.0. The summed E-state index contributed by atoms with van der Waals surface area (Å²) in [5.41, 5.74) is -2.36. The Labute approximate surface area is 587 Å². The Morgan fingerprint density at radius 1 is 0.616 bits per heavy atom. The lowest BCUT2D eigenvalue weighted by molar-refractivity contribution is -0.156. The van der Waals surface area contributed by atoms with Gasteiger partial charge in [-0.25, -0.2) is 0 Å². The molecule has 0 radical (unpaired) electrons. The summed E-state index contributed by atoms with van der Waals surface area (Å²) in [4.78, 5) is 190. The molecule has 99 heavy (non-hydrogen) atoms. The van der Waals surface area contributed by atoms with Crippen LogP contribution in [-0.4, -0.2) is 251 Å². The topological polar surface area (TPSA) is 270 Å². The highest BCUT2D eigenvalue weighted by atomic mass is 35.5. The van der Waals surface area contributed by atoms with Gasteiger partial charge in [0.2, 0.25) is 70.9 Å². The Morgan fingerprint density at radius 2 is 1.21 bits per heavy atom. The lowest BCUT2D eigenvalue weighted by Gasteiger charge is -2.42. The number of rotatable bonds is 12. The van der Waals surface area contributed by atoms with Crippen LogP contribution in [0.2, 0.25) is 5.02 Å². The van der Waals surface area contributed by atoms with Crippen LogP contribution < -0.4 is 16.0 Å². The number of halogens is 4. The molecule has 0 aromatic heterocycles. The standard InChI is InChI=1S/C71H110ClF3N12O12/c1-14-45(5)60-67(97)81(9)42-58(90)79(7)43-59(91)83(11)54(39-47-25-18-16-19-26-47)65(95)80(8)41-56(88)76-51(31-29-48-28-30-49(50(72)38-48)71(73,74)75)64(94)87-36-24-27-52(87)63(93)78-70(32-20-21-33-70)69(99)85(13)61(46(6)15-2)68(98)84(12)55(66(96)86-34-22-17-23-35-86)40-57(89)82(10)53(37-44(3)4)62(92)77-60/h28,30,38,44-47,51-55,60-61H,14-27,29,31-37,39-43H2,1-13H3,(H,76,88)(H,77,92)(H,78,93)/t45-,46-,51-,52?,53-,54-,55-,60-,61-/m0/s1. The number of amides is 12. The molecule has 1 unspecified atom stereocenters. The summed E-state index contributed by atoms with van der Waals surface area (Å²) < 4.78 is 41.6. The average Bonchev–Trinajstić information content (AvgIpc) is 1.77. The van der Waals surface area contributed by atoms with E-state index in [2.05, 4.69) is 16.0 Å². The quantitative estimate of drug-likeness (QED) is 0.221. The molecule has 12 amide bonds. The van der Waals surface area contributed by atoms with Crippen LogP contribution in [0.3, 0.4) is 0 Å². The molecule has 2 saturated carbocycles. The number of aryl methyl sites for hydroxylation is 1. The van der Waals surface area contributed by atoms with Gasteiger partial charge in [-0.1, -0.05) is 117 Å². The molecule has 3 heterocycles. The fraction of sp³-hybridized carbons (Fsp3) is 0.746. The number of carbonyl (C=O) groups excluding carboxylic acids is 12. The fourth-order valence-electron chi connectivity index (χ4n) is 14.7. The predicted molar refractivity (Wildman–Crippen MR) is 366 cm³/mol. The van der Waals surface area contributed by atoms with Crippen LogP contribution in [0.15, 0.2) is 18.2 Å². The minimum absolute atomic E-state index is 0.0182. The molecule has 3 N–H and O–H groups in total. The summed E-state index contributed by atoms with van der Waals surface area (Å²) in [5, 5.41) is 8.12. The maximum Gasteiger partial charge on any atom is 0.417 e. The van der Waals surface area contributed by atoms with Gasteiger partial charge in [-0.2, -0.15) is 13.2 Å². The van der Waals surface area contributed by atoms with Gasteiger partial charge in [-0.05, 0) is 112 Å². The Bertz CT molecular complexity index is 3070. The van der Waals surface area contributed by atoms with E-state index in [0.717, 1.165) is 65.4 Å². The molecule has 28 heteroatoms. The number of alkyl halides is 3. The minimum atomic E-state index is -4.76. The number of fused-ring (bicyclic) bond motifs is 1. The van der Waals surface area contributed by atoms with E-state index in [4.69, 9.17) is 11.6 Å². The average molecular weight is 1420 g/mol. The van der Waals surface area contributed by atoms with Crippen LogP contribution in [0, 0.1) is 23.7 Å². The molecule has 1 spiro atoms. The molecular formula is C71H110ClF3N12O12. The Balaban J connectivity index is 1.43. The summed E-state index contributed by atoms with van der Waals surface area (Å²) >= 11 is 6.15. The monoisotopic (exact) mass is 1410 g/mol. The molecule has 6 rings (SSSR count). The first-order valence-corrected chi connectivity index (χ1v) is 36.1. The number of likely N-dealkylation sites (N-methyl/N-ethyl adjacent to an activating group) is 7. The number of likely N-dealkylation sites (tertiary alicyclic amines) is 1. The molecule has 3 saturated heterocycles. The molecule has 24 nitrogen and oxygen atoms in total. The molecule has 0 bridgehead atoms. The van der Waals surface area contributed by atoms with E-state index in [0.29, 0.717) is 63.6 Å². The van der Waals surface area contributed by atoms with Crippen molar-refractivity contribution in [2.45, 2.75) is 230 Å². The van der Waals surface area contributed by atoms with Crippen molar-refractivity contribution in [3.05, 3.63) is 34.3 Å². The second-order valence-corrected chi connectivity index (χ2v) is 29.6. The van der Waals surface area contributed by atoms with E-state index in [1.54, 1.807) is 18.7 Å². The lowest BCUT2D eigenvalue weighted by atomic mass is 9.84. The van der Waals surface area contributed by atoms with Crippen molar-refractivity contribution in [3.63, 3.8) is 0 Å². The van der Waals surface area contributed by atoms with Gasteiger partial charge in [-0.3, -0.25) is 57.5 Å². The Hall–Kier alpha value is -7.06. The van der Waals surface area contributed by atoms with E-state index < -0.39 is 173 Å². The highest BCUT2D eigenvalue weighted by molar-refractivity contribution is 6.31. The number of piperidine rings is 1. The smallest absolute Gasteiger partial charge is 0.343 e. The number of benzene rings is 1. The summed E-state index contributed by atoms with van der Waals surface area (Å²) in [5.74, 6) is -9.04.